The van der Waals surface area contributed by atoms with Crippen LogP contribution in [-0.2, 0) is 25.9 Å². The summed E-state index contributed by atoms with van der Waals surface area (Å²) >= 11 is 5.19. The standard InChI is InChI=1S/C21H26N6O2S/c1-2-26-18(24-25-21(26)30)10-11-22-19(28)14-8-9-15-16(13-14)23-17-7-5-3-4-6-12-27(17)20(15)29/h8-9,13H,2-7,10-12H2,1H3,(H,22,28)(H,25,30). The third-order valence-electron chi connectivity index (χ3n) is 5.62. The van der Waals surface area contributed by atoms with Crippen molar-refractivity contribution >= 4 is 29.0 Å². The van der Waals surface area contributed by atoms with Crippen LogP contribution < -0.4 is 10.9 Å². The molecule has 0 saturated heterocycles. The van der Waals surface area contributed by atoms with E-state index in [4.69, 9.17) is 17.2 Å². The Balaban J connectivity index is 1.52. The summed E-state index contributed by atoms with van der Waals surface area (Å²) in [5.41, 5.74) is 1.08. The van der Waals surface area contributed by atoms with E-state index in [0.29, 0.717) is 34.2 Å². The maximum absolute atomic E-state index is 12.9. The molecule has 0 spiro atoms. The van der Waals surface area contributed by atoms with Gasteiger partial charge in [-0.1, -0.05) is 12.8 Å². The third-order valence-corrected chi connectivity index (χ3v) is 5.93. The van der Waals surface area contributed by atoms with E-state index in [0.717, 1.165) is 56.8 Å². The molecule has 4 rings (SSSR count). The summed E-state index contributed by atoms with van der Waals surface area (Å²) in [4.78, 5) is 30.3. The topological polar surface area (TPSA) is 97.6 Å². The summed E-state index contributed by atoms with van der Waals surface area (Å²) in [6.45, 7) is 3.89. The van der Waals surface area contributed by atoms with Crippen LogP contribution in [0.2, 0.25) is 0 Å². The first-order chi connectivity index (χ1) is 14.6. The number of nitrogens with one attached hydrogen (secondary N) is 2. The van der Waals surface area contributed by atoms with Crippen molar-refractivity contribution in [3.05, 3.63) is 50.5 Å². The summed E-state index contributed by atoms with van der Waals surface area (Å²) in [5.74, 6) is 1.45. The second-order valence-corrected chi connectivity index (χ2v) is 7.96. The molecule has 0 radical (unpaired) electrons. The number of carbonyl (C=O) groups is 1. The maximum atomic E-state index is 12.9. The van der Waals surface area contributed by atoms with E-state index in [9.17, 15) is 9.59 Å². The van der Waals surface area contributed by atoms with Crippen LogP contribution in [0.4, 0.5) is 0 Å². The fourth-order valence-corrected chi connectivity index (χ4v) is 4.27. The number of hydrogen-bond donors (Lipinski definition) is 2. The number of aryl methyl sites for hydroxylation is 1. The smallest absolute Gasteiger partial charge is 0.261 e. The van der Waals surface area contributed by atoms with Gasteiger partial charge in [0.2, 0.25) is 0 Å². The molecule has 3 aromatic rings. The molecular weight excluding hydrogens is 400 g/mol. The largest absolute Gasteiger partial charge is 0.352 e. The number of aromatic nitrogens is 5. The van der Waals surface area contributed by atoms with Crippen LogP contribution in [0.5, 0.6) is 0 Å². The Kier molecular flexibility index (Phi) is 6.08. The Bertz CT molecular complexity index is 1190. The summed E-state index contributed by atoms with van der Waals surface area (Å²) in [7, 11) is 0. The molecule has 2 N–H and O–H groups in total. The molecule has 1 aliphatic heterocycles. The van der Waals surface area contributed by atoms with Crippen molar-refractivity contribution in [2.75, 3.05) is 6.54 Å². The number of amides is 1. The van der Waals surface area contributed by atoms with E-state index < -0.39 is 0 Å². The zero-order chi connectivity index (χ0) is 21.1. The molecule has 1 aliphatic rings. The van der Waals surface area contributed by atoms with E-state index >= 15 is 0 Å². The molecule has 8 nitrogen and oxygen atoms in total. The second-order valence-electron chi connectivity index (χ2n) is 7.58. The Morgan fingerprint density at radius 2 is 2.10 bits per heavy atom. The lowest BCUT2D eigenvalue weighted by Gasteiger charge is -2.16. The summed E-state index contributed by atoms with van der Waals surface area (Å²) < 4.78 is 4.30. The zero-order valence-corrected chi connectivity index (χ0v) is 17.9. The number of fused-ring (bicyclic) bond motifs is 2. The zero-order valence-electron chi connectivity index (χ0n) is 17.1. The molecule has 30 heavy (non-hydrogen) atoms. The van der Waals surface area contributed by atoms with Gasteiger partial charge in [-0.2, -0.15) is 5.10 Å². The van der Waals surface area contributed by atoms with Crippen LogP contribution in [0.15, 0.2) is 23.0 Å². The summed E-state index contributed by atoms with van der Waals surface area (Å²) in [5, 5.41) is 10.5. The third kappa shape index (κ3) is 4.07. The fourth-order valence-electron chi connectivity index (χ4n) is 3.99. The predicted octanol–water partition coefficient (Wildman–Crippen LogP) is 2.76. The highest BCUT2D eigenvalue weighted by molar-refractivity contribution is 7.71. The van der Waals surface area contributed by atoms with Crippen molar-refractivity contribution in [1.82, 2.24) is 29.6 Å². The monoisotopic (exact) mass is 426 g/mol. The maximum Gasteiger partial charge on any atom is 0.261 e. The number of carbonyl (C=O) groups excluding carboxylic acids is 1. The van der Waals surface area contributed by atoms with Crippen LogP contribution in [0.25, 0.3) is 10.9 Å². The lowest BCUT2D eigenvalue weighted by Crippen LogP contribution is -2.28. The van der Waals surface area contributed by atoms with Gasteiger partial charge in [-0.05, 0) is 50.2 Å². The van der Waals surface area contributed by atoms with Gasteiger partial charge in [-0.15, -0.1) is 0 Å². The van der Waals surface area contributed by atoms with Gasteiger partial charge in [-0.25, -0.2) is 4.98 Å². The number of aromatic amines is 1. The Morgan fingerprint density at radius 1 is 1.27 bits per heavy atom. The van der Waals surface area contributed by atoms with Crippen molar-refractivity contribution in [3.63, 3.8) is 0 Å². The minimum atomic E-state index is -0.192. The lowest BCUT2D eigenvalue weighted by molar-refractivity contribution is 0.0954. The van der Waals surface area contributed by atoms with Crippen LogP contribution in [0.1, 0.15) is 54.6 Å². The molecule has 0 aliphatic carbocycles. The molecule has 3 heterocycles. The molecule has 0 atom stereocenters. The molecule has 2 aromatic heterocycles. The second kappa shape index (κ2) is 8.91. The molecular formula is C21H26N6O2S. The van der Waals surface area contributed by atoms with E-state index in [1.807, 2.05) is 16.1 Å². The Labute approximate surface area is 179 Å². The van der Waals surface area contributed by atoms with Gasteiger partial charge < -0.3 is 9.88 Å². The van der Waals surface area contributed by atoms with Gasteiger partial charge in [0.05, 0.1) is 10.9 Å². The quantitative estimate of drug-likeness (QED) is 0.612. The average Bonchev–Trinajstić information content (AvgIpc) is 3.08. The highest BCUT2D eigenvalue weighted by Gasteiger charge is 2.15. The number of rotatable bonds is 5. The van der Waals surface area contributed by atoms with Gasteiger partial charge in [-0.3, -0.25) is 19.3 Å². The van der Waals surface area contributed by atoms with Gasteiger partial charge in [0.25, 0.3) is 11.5 Å². The van der Waals surface area contributed by atoms with E-state index in [2.05, 4.69) is 15.5 Å². The molecule has 0 bridgehead atoms. The summed E-state index contributed by atoms with van der Waals surface area (Å²) in [6, 6.07) is 5.13. The number of nitrogens with zero attached hydrogens (tertiary/aromatic N) is 4. The molecule has 0 fully saturated rings. The highest BCUT2D eigenvalue weighted by Crippen LogP contribution is 2.16. The first-order valence-corrected chi connectivity index (χ1v) is 10.9. The van der Waals surface area contributed by atoms with E-state index in [-0.39, 0.29) is 11.5 Å². The van der Waals surface area contributed by atoms with E-state index in [1.54, 1.807) is 18.2 Å². The molecule has 9 heteroatoms. The van der Waals surface area contributed by atoms with Gasteiger partial charge in [0.1, 0.15) is 11.6 Å². The normalized spacial score (nSPS) is 14.2. The average molecular weight is 427 g/mol. The minimum absolute atomic E-state index is 0.00812. The van der Waals surface area contributed by atoms with Crippen LogP contribution in [0, 0.1) is 4.77 Å². The highest BCUT2D eigenvalue weighted by atomic mass is 32.1. The Hall–Kier alpha value is -2.81. The lowest BCUT2D eigenvalue weighted by atomic mass is 10.1. The number of H-pyrrole nitrogens is 1. The van der Waals surface area contributed by atoms with Crippen LogP contribution in [-0.4, -0.2) is 36.8 Å². The number of hydrogen-bond acceptors (Lipinski definition) is 5. The van der Waals surface area contributed by atoms with Crippen molar-refractivity contribution in [3.8, 4) is 0 Å². The molecule has 0 unspecified atom stereocenters. The molecule has 0 saturated carbocycles. The Morgan fingerprint density at radius 3 is 2.93 bits per heavy atom. The van der Waals surface area contributed by atoms with Crippen molar-refractivity contribution < 1.29 is 4.79 Å². The first kappa shape index (κ1) is 20.5. The summed E-state index contributed by atoms with van der Waals surface area (Å²) in [6.07, 6.45) is 5.72. The van der Waals surface area contributed by atoms with Crippen molar-refractivity contribution in [2.24, 2.45) is 0 Å². The minimum Gasteiger partial charge on any atom is -0.352 e. The van der Waals surface area contributed by atoms with Crippen molar-refractivity contribution in [1.29, 1.82) is 0 Å². The number of benzene rings is 1. The van der Waals surface area contributed by atoms with Crippen LogP contribution in [0.3, 0.4) is 0 Å². The van der Waals surface area contributed by atoms with Gasteiger partial charge >= 0.3 is 0 Å². The molecule has 158 valence electrons. The molecule has 1 aromatic carbocycles. The van der Waals surface area contributed by atoms with Gasteiger partial charge in [0.15, 0.2) is 4.77 Å². The van der Waals surface area contributed by atoms with E-state index in [1.165, 1.54) is 0 Å². The van der Waals surface area contributed by atoms with Crippen LogP contribution >= 0.6 is 12.2 Å². The predicted molar refractivity (Wildman–Crippen MR) is 117 cm³/mol. The SMILES string of the molecule is CCn1c(CCNC(=O)c2ccc3c(=O)n4c(nc3c2)CCCCCC4)n[nH]c1=S. The fraction of sp³-hybridized carbons (Fsp3) is 0.476. The van der Waals surface area contributed by atoms with Crippen molar-refractivity contribution in [2.45, 2.75) is 58.5 Å². The van der Waals surface area contributed by atoms with Gasteiger partial charge in [0, 0.05) is 38.0 Å². The first-order valence-electron chi connectivity index (χ1n) is 10.5. The molecule has 1 amide bonds.